The number of nitrogens with one attached hydrogen (secondary N) is 1. The standard InChI is InChI=1S/C81H155NO13/c1-3-5-7-9-11-13-15-17-19-21-23-25-27-29-31-33-35-37-39-41-43-45-47-49-51-53-55-57-59-61-63-65-73(86)82-69(68-92-80-78(91)76(89)79(72(67-84)94-80)95-81-77(90)75(88)74(87)71(66-83)93-81)70(85)64-62-60-58-56-54-52-50-48-46-44-42-40-38-36-34-32-30-28-26-24-22-20-18-16-14-12-10-8-6-4-2/h15,17,21,23,69-72,74-81,83-85,87-91H,3-14,16,18-20,22,24-68H2,1-2H3,(H,82,86)/b17-15-,23-21-. The molecule has 0 aromatic carbocycles. The maximum absolute atomic E-state index is 13.4. The zero-order valence-corrected chi connectivity index (χ0v) is 61.7. The summed E-state index contributed by atoms with van der Waals surface area (Å²) in [4.78, 5) is 13.4. The lowest BCUT2D eigenvalue weighted by molar-refractivity contribution is -0.359. The Morgan fingerprint density at radius 2 is 0.695 bits per heavy atom. The summed E-state index contributed by atoms with van der Waals surface area (Å²) in [5.74, 6) is -0.198. The lowest BCUT2D eigenvalue weighted by Gasteiger charge is -2.46. The maximum Gasteiger partial charge on any atom is 0.220 e. The lowest BCUT2D eigenvalue weighted by Crippen LogP contribution is -2.65. The zero-order chi connectivity index (χ0) is 68.7. The van der Waals surface area contributed by atoms with Gasteiger partial charge in [-0.15, -0.1) is 0 Å². The first-order valence-corrected chi connectivity index (χ1v) is 41.1. The second-order valence-corrected chi connectivity index (χ2v) is 29.3. The van der Waals surface area contributed by atoms with Crippen LogP contribution >= 0.6 is 0 Å². The van der Waals surface area contributed by atoms with Crippen LogP contribution in [0, 0.1) is 0 Å². The van der Waals surface area contributed by atoms with Crippen LogP contribution in [0.4, 0.5) is 0 Å². The van der Waals surface area contributed by atoms with Crippen LogP contribution in [0.3, 0.4) is 0 Å². The van der Waals surface area contributed by atoms with Crippen molar-refractivity contribution in [3.05, 3.63) is 24.3 Å². The number of allylic oxidation sites excluding steroid dienone is 4. The molecule has 9 N–H and O–H groups in total. The summed E-state index contributed by atoms with van der Waals surface area (Å²) in [7, 11) is 0. The van der Waals surface area contributed by atoms with Crippen LogP contribution in [0.15, 0.2) is 24.3 Å². The highest BCUT2D eigenvalue weighted by Crippen LogP contribution is 2.31. The molecule has 14 nitrogen and oxygen atoms in total. The molecule has 2 rings (SSSR count). The van der Waals surface area contributed by atoms with E-state index in [2.05, 4.69) is 43.5 Å². The van der Waals surface area contributed by atoms with Gasteiger partial charge in [-0.3, -0.25) is 4.79 Å². The van der Waals surface area contributed by atoms with E-state index in [0.29, 0.717) is 12.8 Å². The fraction of sp³-hybridized carbons (Fsp3) is 0.938. The third-order valence-electron chi connectivity index (χ3n) is 20.4. The highest BCUT2D eigenvalue weighted by atomic mass is 16.7. The number of carbonyl (C=O) groups excluding carboxylic acids is 1. The van der Waals surface area contributed by atoms with Crippen LogP contribution in [0.25, 0.3) is 0 Å². The molecule has 562 valence electrons. The summed E-state index contributed by atoms with van der Waals surface area (Å²) >= 11 is 0. The van der Waals surface area contributed by atoms with Gasteiger partial charge in [0.1, 0.15) is 48.8 Å². The van der Waals surface area contributed by atoms with E-state index >= 15 is 0 Å². The predicted octanol–water partition coefficient (Wildman–Crippen LogP) is 18.6. The summed E-state index contributed by atoms with van der Waals surface area (Å²) in [5, 5.41) is 87.9. The summed E-state index contributed by atoms with van der Waals surface area (Å²) in [5.41, 5.74) is 0. The first-order chi connectivity index (χ1) is 46.6. The lowest BCUT2D eigenvalue weighted by atomic mass is 9.97. The first-order valence-electron chi connectivity index (χ1n) is 41.1. The van der Waals surface area contributed by atoms with Gasteiger partial charge in [-0.05, 0) is 44.9 Å². The molecule has 0 saturated carbocycles. The van der Waals surface area contributed by atoms with Gasteiger partial charge in [-0.2, -0.15) is 0 Å². The molecule has 14 heteroatoms. The smallest absolute Gasteiger partial charge is 0.220 e. The summed E-state index contributed by atoms with van der Waals surface area (Å²) in [6.07, 6.45) is 67.9. The van der Waals surface area contributed by atoms with Gasteiger partial charge in [0.15, 0.2) is 12.6 Å². The van der Waals surface area contributed by atoms with Gasteiger partial charge >= 0.3 is 0 Å². The van der Waals surface area contributed by atoms with Gasteiger partial charge in [0.2, 0.25) is 5.91 Å². The Bertz CT molecular complexity index is 1690. The Balaban J connectivity index is 1.60. The molecule has 0 radical (unpaired) electrons. The van der Waals surface area contributed by atoms with Crippen LogP contribution in [0.2, 0.25) is 0 Å². The van der Waals surface area contributed by atoms with Crippen molar-refractivity contribution in [1.29, 1.82) is 0 Å². The average molecular weight is 1350 g/mol. The van der Waals surface area contributed by atoms with Crippen molar-refractivity contribution >= 4 is 5.91 Å². The number of ether oxygens (including phenoxy) is 4. The summed E-state index contributed by atoms with van der Waals surface area (Å²) < 4.78 is 23.0. The molecule has 0 aromatic rings. The van der Waals surface area contributed by atoms with E-state index < -0.39 is 86.8 Å². The molecule has 0 aliphatic carbocycles. The molecule has 2 fully saturated rings. The monoisotopic (exact) mass is 1350 g/mol. The number of hydrogen-bond acceptors (Lipinski definition) is 13. The highest BCUT2D eigenvalue weighted by molar-refractivity contribution is 5.76. The number of amides is 1. The molecule has 95 heavy (non-hydrogen) atoms. The topological polar surface area (TPSA) is 228 Å². The number of aliphatic hydroxyl groups excluding tert-OH is 8. The number of rotatable bonds is 70. The van der Waals surface area contributed by atoms with Crippen molar-refractivity contribution in [3.8, 4) is 0 Å². The van der Waals surface area contributed by atoms with E-state index in [1.807, 2.05) is 0 Å². The largest absolute Gasteiger partial charge is 0.394 e. The first kappa shape index (κ1) is 89.6. The molecule has 2 aliphatic heterocycles. The minimum absolute atomic E-state index is 0.198. The van der Waals surface area contributed by atoms with Crippen LogP contribution in [0.1, 0.15) is 393 Å². The molecular weight excluding hydrogens is 1190 g/mol. The number of unbranched alkanes of at least 4 members (excludes halogenated alkanes) is 53. The molecule has 0 bridgehead atoms. The van der Waals surface area contributed by atoms with Crippen LogP contribution in [-0.4, -0.2) is 140 Å². The average Bonchev–Trinajstić information content (AvgIpc) is 0.801. The van der Waals surface area contributed by atoms with Crippen molar-refractivity contribution in [2.75, 3.05) is 19.8 Å². The van der Waals surface area contributed by atoms with Crippen LogP contribution in [-0.2, 0) is 23.7 Å². The Labute approximate surface area is 583 Å². The van der Waals surface area contributed by atoms with Gasteiger partial charge < -0.3 is 65.1 Å². The van der Waals surface area contributed by atoms with Gasteiger partial charge in [-0.1, -0.05) is 366 Å². The summed E-state index contributed by atoms with van der Waals surface area (Å²) in [6, 6.07) is -0.829. The van der Waals surface area contributed by atoms with E-state index in [4.69, 9.17) is 18.9 Å². The molecule has 1 amide bonds. The normalized spacial score (nSPS) is 22.4. The van der Waals surface area contributed by atoms with Crippen molar-refractivity contribution in [2.45, 2.75) is 466 Å². The van der Waals surface area contributed by atoms with Crippen LogP contribution < -0.4 is 5.32 Å². The SMILES string of the molecule is CCCCCCC/C=C\C/C=C\CCCCCCCCCCCCCCCCCCCCCC(=O)NC(COC1OC(CO)C(OC2OC(CO)C(O)C(O)C2O)C(O)C1O)C(O)CCCCCCCCCCCCCCCCCCCCCCCCCCCCCCCC. The second-order valence-electron chi connectivity index (χ2n) is 29.3. The molecule has 12 atom stereocenters. The van der Waals surface area contributed by atoms with E-state index in [0.717, 1.165) is 57.8 Å². The number of aliphatic hydroxyl groups is 8. The third-order valence-corrected chi connectivity index (χ3v) is 20.4. The minimum atomic E-state index is -1.78. The maximum atomic E-state index is 13.4. The number of carbonyl (C=O) groups is 1. The zero-order valence-electron chi connectivity index (χ0n) is 61.7. The number of hydrogen-bond donors (Lipinski definition) is 9. The molecular formula is C81H155NO13. The fourth-order valence-corrected chi connectivity index (χ4v) is 13.9. The van der Waals surface area contributed by atoms with Crippen molar-refractivity contribution in [3.63, 3.8) is 0 Å². The van der Waals surface area contributed by atoms with Crippen LogP contribution in [0.5, 0.6) is 0 Å². The Kier molecular flexibility index (Phi) is 62.0. The fourth-order valence-electron chi connectivity index (χ4n) is 13.9. The Morgan fingerprint density at radius 3 is 1.05 bits per heavy atom. The highest BCUT2D eigenvalue weighted by Gasteiger charge is 2.51. The van der Waals surface area contributed by atoms with E-state index in [9.17, 15) is 45.6 Å². The van der Waals surface area contributed by atoms with Crippen molar-refractivity contribution in [1.82, 2.24) is 5.32 Å². The third kappa shape index (κ3) is 48.9. The molecule has 0 spiro atoms. The molecule has 12 unspecified atom stereocenters. The molecule has 2 aliphatic rings. The van der Waals surface area contributed by atoms with Gasteiger partial charge in [0.25, 0.3) is 0 Å². The quantitative estimate of drug-likeness (QED) is 0.0204. The van der Waals surface area contributed by atoms with Gasteiger partial charge in [-0.25, -0.2) is 0 Å². The second kappa shape index (κ2) is 65.8. The van der Waals surface area contributed by atoms with E-state index in [-0.39, 0.29) is 12.5 Å². The summed E-state index contributed by atoms with van der Waals surface area (Å²) in [6.45, 7) is 2.93. The molecule has 2 saturated heterocycles. The van der Waals surface area contributed by atoms with Gasteiger partial charge in [0.05, 0.1) is 32.0 Å². The molecule has 0 aromatic heterocycles. The molecule has 2 heterocycles. The predicted molar refractivity (Wildman–Crippen MR) is 392 cm³/mol. The van der Waals surface area contributed by atoms with Gasteiger partial charge in [0, 0.05) is 6.42 Å². The van der Waals surface area contributed by atoms with Crippen molar-refractivity contribution < 1.29 is 64.6 Å². The Hall–Kier alpha value is -1.53. The minimum Gasteiger partial charge on any atom is -0.394 e. The van der Waals surface area contributed by atoms with Crippen molar-refractivity contribution in [2.24, 2.45) is 0 Å². The van der Waals surface area contributed by atoms with E-state index in [1.54, 1.807) is 0 Å². The Morgan fingerprint density at radius 1 is 0.379 bits per heavy atom. The van der Waals surface area contributed by atoms with E-state index in [1.165, 1.54) is 308 Å².